The fourth-order valence-electron chi connectivity index (χ4n) is 3.17. The van der Waals surface area contributed by atoms with Crippen LogP contribution in [0, 0.1) is 6.92 Å². The Bertz CT molecular complexity index is 1510. The van der Waals surface area contributed by atoms with E-state index in [1.165, 1.54) is 59.9 Å². The number of aryl methyl sites for hydroxylation is 2. The van der Waals surface area contributed by atoms with E-state index >= 15 is 0 Å². The van der Waals surface area contributed by atoms with E-state index in [0.29, 0.717) is 26.1 Å². The predicted molar refractivity (Wildman–Crippen MR) is 129 cm³/mol. The second-order valence-corrected chi connectivity index (χ2v) is 10.5. The van der Waals surface area contributed by atoms with E-state index in [1.54, 1.807) is 0 Å². The van der Waals surface area contributed by atoms with Crippen LogP contribution in [0.3, 0.4) is 0 Å². The smallest absolute Gasteiger partial charge is 0.279 e. The largest absolute Gasteiger partial charge is 0.319 e. The van der Waals surface area contributed by atoms with Gasteiger partial charge >= 0.3 is 0 Å². The van der Waals surface area contributed by atoms with Gasteiger partial charge in [0.25, 0.3) is 15.9 Å². The van der Waals surface area contributed by atoms with Gasteiger partial charge < -0.3 is 4.57 Å². The molecule has 3 aromatic carbocycles. The summed E-state index contributed by atoms with van der Waals surface area (Å²) >= 11 is 13.4. The molecule has 0 aliphatic carbocycles. The van der Waals surface area contributed by atoms with Crippen molar-refractivity contribution in [3.63, 3.8) is 0 Å². The summed E-state index contributed by atoms with van der Waals surface area (Å²) < 4.78 is 30.2. The highest BCUT2D eigenvalue weighted by Crippen LogP contribution is 2.28. The molecule has 6 nitrogen and oxygen atoms in total. The molecule has 0 saturated heterocycles. The molecule has 0 aliphatic heterocycles. The summed E-state index contributed by atoms with van der Waals surface area (Å²) in [5, 5.41) is 1.05. The van der Waals surface area contributed by atoms with Crippen LogP contribution in [-0.2, 0) is 17.1 Å². The summed E-state index contributed by atoms with van der Waals surface area (Å²) in [5.74, 6) is -0.437. The van der Waals surface area contributed by atoms with Crippen LogP contribution in [0.2, 0.25) is 10.0 Å². The van der Waals surface area contributed by atoms with Gasteiger partial charge in [0.2, 0.25) is 0 Å². The fraction of sp³-hybridized carbons (Fsp3) is 0.0909. The average Bonchev–Trinajstić information content (AvgIpc) is 3.08. The van der Waals surface area contributed by atoms with Gasteiger partial charge in [-0.1, -0.05) is 40.6 Å². The summed E-state index contributed by atoms with van der Waals surface area (Å²) in [6, 6.07) is 15.7. The number of anilines is 1. The lowest BCUT2D eigenvalue weighted by Crippen LogP contribution is -2.14. The molecule has 1 aromatic heterocycles. The molecule has 1 heterocycles. The lowest BCUT2D eigenvalue weighted by Gasteiger charge is -2.08. The van der Waals surface area contributed by atoms with Crippen LogP contribution in [0.1, 0.15) is 15.9 Å². The molecule has 0 spiro atoms. The van der Waals surface area contributed by atoms with Crippen molar-refractivity contribution in [2.24, 2.45) is 12.0 Å². The van der Waals surface area contributed by atoms with E-state index in [1.807, 2.05) is 30.7 Å². The summed E-state index contributed by atoms with van der Waals surface area (Å²) in [5.41, 5.74) is 2.63. The number of thiazole rings is 1. The molecule has 10 heteroatoms. The van der Waals surface area contributed by atoms with Gasteiger partial charge in [-0.3, -0.25) is 9.52 Å². The number of rotatable bonds is 4. The lowest BCUT2D eigenvalue weighted by atomic mass is 10.2. The number of sulfonamides is 1. The number of halogens is 2. The number of nitrogens with one attached hydrogen (secondary N) is 1. The number of hydrogen-bond donors (Lipinski definition) is 1. The fourth-order valence-corrected chi connectivity index (χ4v) is 5.72. The molecule has 0 radical (unpaired) electrons. The molecule has 0 unspecified atom stereocenters. The topological polar surface area (TPSA) is 80.5 Å². The first kappa shape index (κ1) is 22.5. The monoisotopic (exact) mass is 505 g/mol. The summed E-state index contributed by atoms with van der Waals surface area (Å²) in [6.45, 7) is 1.97. The Labute approximate surface area is 198 Å². The highest BCUT2D eigenvalue weighted by molar-refractivity contribution is 7.92. The Hall–Kier alpha value is -2.65. The molecule has 0 atom stereocenters. The van der Waals surface area contributed by atoms with Gasteiger partial charge in [0.15, 0.2) is 4.80 Å². The maximum atomic E-state index is 12.7. The first-order valence-electron chi connectivity index (χ1n) is 9.38. The van der Waals surface area contributed by atoms with Crippen molar-refractivity contribution in [2.75, 3.05) is 4.72 Å². The molecule has 0 bridgehead atoms. The Kier molecular flexibility index (Phi) is 6.13. The first-order valence-corrected chi connectivity index (χ1v) is 12.4. The third-order valence-corrected chi connectivity index (χ3v) is 8.05. The van der Waals surface area contributed by atoms with E-state index in [9.17, 15) is 13.2 Å². The van der Waals surface area contributed by atoms with Crippen molar-refractivity contribution in [2.45, 2.75) is 11.8 Å². The molecule has 4 aromatic rings. The highest BCUT2D eigenvalue weighted by atomic mass is 35.5. The van der Waals surface area contributed by atoms with Crippen LogP contribution in [0.25, 0.3) is 10.2 Å². The third kappa shape index (κ3) is 4.45. The number of hydrogen-bond acceptors (Lipinski definition) is 4. The van der Waals surface area contributed by atoms with E-state index in [-0.39, 0.29) is 4.90 Å². The maximum absolute atomic E-state index is 12.7. The molecular formula is C22H17Cl2N3O3S2. The van der Waals surface area contributed by atoms with Crippen LogP contribution in [0.4, 0.5) is 5.69 Å². The second kappa shape index (κ2) is 8.71. The minimum Gasteiger partial charge on any atom is -0.319 e. The summed E-state index contributed by atoms with van der Waals surface area (Å²) in [4.78, 5) is 17.6. The van der Waals surface area contributed by atoms with E-state index < -0.39 is 15.9 Å². The third-order valence-electron chi connectivity index (χ3n) is 4.81. The van der Waals surface area contributed by atoms with Crippen molar-refractivity contribution in [1.29, 1.82) is 0 Å². The summed E-state index contributed by atoms with van der Waals surface area (Å²) in [7, 11) is -1.94. The van der Waals surface area contributed by atoms with Crippen molar-refractivity contribution >= 4 is 66.4 Å². The van der Waals surface area contributed by atoms with E-state index in [0.717, 1.165) is 15.8 Å². The molecule has 0 fully saturated rings. The zero-order valence-corrected chi connectivity index (χ0v) is 20.1. The van der Waals surface area contributed by atoms with Gasteiger partial charge in [0.05, 0.1) is 20.1 Å². The number of nitrogens with zero attached hydrogens (tertiary/aromatic N) is 2. The Balaban J connectivity index is 1.60. The average molecular weight is 506 g/mol. The first-order chi connectivity index (χ1) is 15.2. The number of aromatic nitrogens is 1. The minimum absolute atomic E-state index is 0.0864. The van der Waals surface area contributed by atoms with Crippen LogP contribution >= 0.6 is 34.5 Å². The Morgan fingerprint density at radius 2 is 1.66 bits per heavy atom. The van der Waals surface area contributed by atoms with Crippen molar-refractivity contribution in [1.82, 2.24) is 4.57 Å². The molecule has 0 aliphatic rings. The van der Waals surface area contributed by atoms with E-state index in [2.05, 4.69) is 9.71 Å². The zero-order chi connectivity index (χ0) is 23.0. The van der Waals surface area contributed by atoms with Gasteiger partial charge in [-0.25, -0.2) is 8.42 Å². The number of fused-ring (bicyclic) bond motifs is 1. The Morgan fingerprint density at radius 1 is 1.00 bits per heavy atom. The van der Waals surface area contributed by atoms with Crippen LogP contribution in [-0.4, -0.2) is 18.9 Å². The maximum Gasteiger partial charge on any atom is 0.279 e. The standard InChI is InChI=1S/C22H17Cl2N3O3S2/c1-13-3-12-18(24)20-19(13)27(2)22(31-20)25-21(28)14-4-8-16(9-5-14)26-32(29,30)17-10-6-15(23)7-11-17/h3-12,26H,1-2H3. The quantitative estimate of drug-likeness (QED) is 0.403. The van der Waals surface area contributed by atoms with Crippen molar-refractivity contribution in [3.05, 3.63) is 86.6 Å². The highest BCUT2D eigenvalue weighted by Gasteiger charge is 2.15. The molecule has 32 heavy (non-hydrogen) atoms. The predicted octanol–water partition coefficient (Wildman–Crippen LogP) is 5.40. The van der Waals surface area contributed by atoms with E-state index in [4.69, 9.17) is 23.2 Å². The number of carbonyl (C=O) groups excluding carboxylic acids is 1. The SMILES string of the molecule is Cc1ccc(Cl)c2sc(=NC(=O)c3ccc(NS(=O)(=O)c4ccc(Cl)cc4)cc3)n(C)c12. The van der Waals surface area contributed by atoms with Gasteiger partial charge in [-0.05, 0) is 67.1 Å². The molecule has 1 N–H and O–H groups in total. The van der Waals surface area contributed by atoms with Gasteiger partial charge in [-0.15, -0.1) is 0 Å². The molecule has 0 saturated carbocycles. The second-order valence-electron chi connectivity index (χ2n) is 7.04. The van der Waals surface area contributed by atoms with Crippen LogP contribution < -0.4 is 9.52 Å². The van der Waals surface area contributed by atoms with Crippen molar-refractivity contribution < 1.29 is 13.2 Å². The number of amides is 1. The molecule has 1 amide bonds. The minimum atomic E-state index is -3.77. The van der Waals surface area contributed by atoms with Crippen LogP contribution in [0.5, 0.6) is 0 Å². The van der Waals surface area contributed by atoms with Gasteiger partial charge in [0, 0.05) is 23.3 Å². The van der Waals surface area contributed by atoms with Crippen LogP contribution in [0.15, 0.2) is 70.6 Å². The van der Waals surface area contributed by atoms with Gasteiger partial charge in [-0.2, -0.15) is 4.99 Å². The molecule has 164 valence electrons. The van der Waals surface area contributed by atoms with Crippen molar-refractivity contribution in [3.8, 4) is 0 Å². The molecular weight excluding hydrogens is 489 g/mol. The number of carbonyl (C=O) groups is 1. The Morgan fingerprint density at radius 3 is 2.28 bits per heavy atom. The lowest BCUT2D eigenvalue weighted by molar-refractivity contribution is 0.0998. The number of benzene rings is 3. The van der Waals surface area contributed by atoms with Gasteiger partial charge in [0.1, 0.15) is 0 Å². The zero-order valence-electron chi connectivity index (χ0n) is 17.0. The molecule has 4 rings (SSSR count). The normalized spacial score (nSPS) is 12.3. The summed E-state index contributed by atoms with van der Waals surface area (Å²) in [6.07, 6.45) is 0.